The van der Waals surface area contributed by atoms with Gasteiger partial charge >= 0.3 is 0 Å². The van der Waals surface area contributed by atoms with Gasteiger partial charge in [-0.25, -0.2) is 0 Å². The topological polar surface area (TPSA) is 3.24 Å². The third kappa shape index (κ3) is 1.63. The van der Waals surface area contributed by atoms with Crippen molar-refractivity contribution in [3.8, 4) is 12.3 Å². The van der Waals surface area contributed by atoms with E-state index in [1.165, 1.54) is 24.8 Å². The first-order valence-electron chi connectivity index (χ1n) is 5.28. The van der Waals surface area contributed by atoms with Crippen molar-refractivity contribution in [2.24, 2.45) is 0 Å². The number of hydrogen-bond donors (Lipinski definition) is 0. The summed E-state index contributed by atoms with van der Waals surface area (Å²) in [6, 6.07) is 1.41. The summed E-state index contributed by atoms with van der Waals surface area (Å²) in [4.78, 5) is 2.49. The standard InChI is InChI=1S/C13H17N/c1-4-10(2)7-11-8-12-5-6-13(9-11)14(12)3/h1,7-8,12-13H,5-6,9H2,2-3H3. The van der Waals surface area contributed by atoms with Crippen LogP contribution in [-0.2, 0) is 0 Å². The lowest BCUT2D eigenvalue weighted by atomic mass is 10.00. The third-order valence-electron chi connectivity index (χ3n) is 3.40. The second-order valence-electron chi connectivity index (χ2n) is 4.38. The van der Waals surface area contributed by atoms with Gasteiger partial charge in [-0.3, -0.25) is 4.90 Å². The molecule has 74 valence electrons. The summed E-state index contributed by atoms with van der Waals surface area (Å²) in [5.74, 6) is 2.68. The monoisotopic (exact) mass is 187 g/mol. The highest BCUT2D eigenvalue weighted by atomic mass is 15.2. The Morgan fingerprint density at radius 3 is 3.07 bits per heavy atom. The largest absolute Gasteiger partial charge is 0.297 e. The molecule has 1 heteroatoms. The molecule has 2 heterocycles. The van der Waals surface area contributed by atoms with Crippen LogP contribution in [0.15, 0.2) is 23.3 Å². The fourth-order valence-electron chi connectivity index (χ4n) is 2.50. The van der Waals surface area contributed by atoms with Crippen molar-refractivity contribution >= 4 is 0 Å². The van der Waals surface area contributed by atoms with Crippen molar-refractivity contribution in [1.82, 2.24) is 4.90 Å². The summed E-state index contributed by atoms with van der Waals surface area (Å²) in [6.07, 6.45) is 13.7. The second kappa shape index (κ2) is 3.63. The van der Waals surface area contributed by atoms with Gasteiger partial charge in [-0.2, -0.15) is 0 Å². The van der Waals surface area contributed by atoms with Gasteiger partial charge in [-0.15, -0.1) is 6.42 Å². The molecule has 0 radical (unpaired) electrons. The molecule has 2 atom stereocenters. The quantitative estimate of drug-likeness (QED) is 0.570. The van der Waals surface area contributed by atoms with E-state index in [0.29, 0.717) is 6.04 Å². The van der Waals surface area contributed by atoms with Crippen molar-refractivity contribution in [3.63, 3.8) is 0 Å². The fourth-order valence-corrected chi connectivity index (χ4v) is 2.50. The van der Waals surface area contributed by atoms with Crippen LogP contribution in [0.4, 0.5) is 0 Å². The number of fused-ring (bicyclic) bond motifs is 2. The molecule has 0 aromatic heterocycles. The minimum atomic E-state index is 0.658. The molecule has 2 rings (SSSR count). The maximum atomic E-state index is 5.35. The number of hydrogen-bond acceptors (Lipinski definition) is 1. The minimum absolute atomic E-state index is 0.658. The van der Waals surface area contributed by atoms with Gasteiger partial charge in [0.2, 0.25) is 0 Å². The average Bonchev–Trinajstić information content (AvgIpc) is 2.42. The predicted octanol–water partition coefficient (Wildman–Crippen LogP) is 2.36. The van der Waals surface area contributed by atoms with Gasteiger partial charge in [-0.1, -0.05) is 12.0 Å². The summed E-state index contributed by atoms with van der Waals surface area (Å²) in [7, 11) is 2.23. The SMILES string of the molecule is C#CC(C)=CC1=CC2CCC(C1)N2C. The van der Waals surface area contributed by atoms with E-state index in [2.05, 4.69) is 30.0 Å². The van der Waals surface area contributed by atoms with Gasteiger partial charge in [-0.05, 0) is 50.5 Å². The number of nitrogens with zero attached hydrogens (tertiary/aromatic N) is 1. The summed E-state index contributed by atoms with van der Waals surface area (Å²) >= 11 is 0. The van der Waals surface area contributed by atoms with Crippen LogP contribution < -0.4 is 0 Å². The molecule has 14 heavy (non-hydrogen) atoms. The lowest BCUT2D eigenvalue weighted by molar-refractivity contribution is 0.256. The molecule has 1 nitrogen and oxygen atoms in total. The Morgan fingerprint density at radius 1 is 1.64 bits per heavy atom. The molecule has 1 saturated heterocycles. The number of rotatable bonds is 1. The lowest BCUT2D eigenvalue weighted by Crippen LogP contribution is -2.34. The Hall–Kier alpha value is -1.00. The van der Waals surface area contributed by atoms with Gasteiger partial charge in [0.25, 0.3) is 0 Å². The minimum Gasteiger partial charge on any atom is -0.297 e. The van der Waals surface area contributed by atoms with Crippen molar-refractivity contribution < 1.29 is 0 Å². The van der Waals surface area contributed by atoms with Crippen LogP contribution >= 0.6 is 0 Å². The van der Waals surface area contributed by atoms with Crippen LogP contribution in [0.3, 0.4) is 0 Å². The van der Waals surface area contributed by atoms with Crippen molar-refractivity contribution in [3.05, 3.63) is 23.3 Å². The van der Waals surface area contributed by atoms with Crippen LogP contribution in [0.5, 0.6) is 0 Å². The normalized spacial score (nSPS) is 32.6. The molecule has 0 spiro atoms. The fraction of sp³-hybridized carbons (Fsp3) is 0.538. The Balaban J connectivity index is 2.18. The smallest absolute Gasteiger partial charge is 0.0284 e. The number of likely N-dealkylation sites (N-methyl/N-ethyl adjacent to an activating group) is 1. The maximum Gasteiger partial charge on any atom is 0.0284 e. The van der Waals surface area contributed by atoms with Gasteiger partial charge < -0.3 is 0 Å². The highest BCUT2D eigenvalue weighted by molar-refractivity contribution is 5.35. The van der Waals surface area contributed by atoms with Crippen LogP contribution in [0.2, 0.25) is 0 Å². The van der Waals surface area contributed by atoms with E-state index in [4.69, 9.17) is 6.42 Å². The highest BCUT2D eigenvalue weighted by Crippen LogP contribution is 2.33. The first-order chi connectivity index (χ1) is 6.70. The van der Waals surface area contributed by atoms with E-state index in [1.807, 2.05) is 6.92 Å². The zero-order chi connectivity index (χ0) is 10.1. The average molecular weight is 187 g/mol. The molecule has 2 unspecified atom stereocenters. The first-order valence-corrected chi connectivity index (χ1v) is 5.28. The van der Waals surface area contributed by atoms with Gasteiger partial charge in [0.05, 0.1) is 0 Å². The van der Waals surface area contributed by atoms with Crippen molar-refractivity contribution in [1.29, 1.82) is 0 Å². The van der Waals surface area contributed by atoms with E-state index in [1.54, 1.807) is 0 Å². The zero-order valence-corrected chi connectivity index (χ0v) is 8.96. The molecule has 2 bridgehead atoms. The van der Waals surface area contributed by atoms with E-state index in [0.717, 1.165) is 11.6 Å². The van der Waals surface area contributed by atoms with Gasteiger partial charge in [0, 0.05) is 12.1 Å². The summed E-state index contributed by atoms with van der Waals surface area (Å²) in [5, 5.41) is 0. The van der Waals surface area contributed by atoms with Crippen LogP contribution in [0.1, 0.15) is 26.2 Å². The van der Waals surface area contributed by atoms with Gasteiger partial charge in [0.15, 0.2) is 0 Å². The first kappa shape index (κ1) is 9.55. The molecule has 0 N–H and O–H groups in total. The number of terminal acetylenes is 1. The highest BCUT2D eigenvalue weighted by Gasteiger charge is 2.32. The van der Waals surface area contributed by atoms with Crippen LogP contribution in [-0.4, -0.2) is 24.0 Å². The second-order valence-corrected chi connectivity index (χ2v) is 4.38. The van der Waals surface area contributed by atoms with E-state index in [9.17, 15) is 0 Å². The maximum absolute atomic E-state index is 5.35. The molecule has 0 aliphatic carbocycles. The van der Waals surface area contributed by atoms with Crippen LogP contribution in [0.25, 0.3) is 0 Å². The Bertz CT molecular complexity index is 330. The molecule has 0 amide bonds. The molecule has 0 saturated carbocycles. The predicted molar refractivity (Wildman–Crippen MR) is 59.9 cm³/mol. The lowest BCUT2D eigenvalue weighted by Gasteiger charge is -2.29. The van der Waals surface area contributed by atoms with Crippen LogP contribution in [0, 0.1) is 12.3 Å². The van der Waals surface area contributed by atoms with Gasteiger partial charge in [0.1, 0.15) is 0 Å². The Kier molecular flexibility index (Phi) is 2.48. The summed E-state index contributed by atoms with van der Waals surface area (Å²) in [6.45, 7) is 2.00. The molecule has 0 aromatic rings. The molecular formula is C13H17N. The Labute approximate surface area is 86.5 Å². The van der Waals surface area contributed by atoms with E-state index >= 15 is 0 Å². The molecule has 0 aromatic carbocycles. The van der Waals surface area contributed by atoms with Crippen molar-refractivity contribution in [2.75, 3.05) is 7.05 Å². The molecule has 2 aliphatic rings. The summed E-state index contributed by atoms with van der Waals surface area (Å²) < 4.78 is 0. The van der Waals surface area contributed by atoms with E-state index < -0.39 is 0 Å². The Morgan fingerprint density at radius 2 is 2.43 bits per heavy atom. The third-order valence-corrected chi connectivity index (χ3v) is 3.40. The van der Waals surface area contributed by atoms with Crippen molar-refractivity contribution in [2.45, 2.75) is 38.3 Å². The molecule has 2 aliphatic heterocycles. The van der Waals surface area contributed by atoms with E-state index in [-0.39, 0.29) is 0 Å². The summed E-state index contributed by atoms with van der Waals surface area (Å²) in [5.41, 5.74) is 2.48. The molecular weight excluding hydrogens is 170 g/mol. The molecule has 1 fully saturated rings. The zero-order valence-electron chi connectivity index (χ0n) is 8.96. The number of allylic oxidation sites excluding steroid dienone is 2.